The van der Waals surface area contributed by atoms with Crippen LogP contribution < -0.4 is 10.1 Å². The number of halogens is 6. The second-order valence-corrected chi connectivity index (χ2v) is 9.63. The van der Waals surface area contributed by atoms with Gasteiger partial charge in [-0.05, 0) is 51.3 Å². The van der Waals surface area contributed by atoms with Crippen molar-refractivity contribution in [1.82, 2.24) is 14.9 Å². The number of aromatic nitrogens is 2. The van der Waals surface area contributed by atoms with Crippen molar-refractivity contribution in [3.8, 4) is 5.75 Å². The van der Waals surface area contributed by atoms with Gasteiger partial charge >= 0.3 is 6.18 Å². The van der Waals surface area contributed by atoms with Crippen LogP contribution in [0, 0.1) is 5.82 Å². The number of imidazole rings is 1. The van der Waals surface area contributed by atoms with Crippen LogP contribution in [0.3, 0.4) is 0 Å². The second kappa shape index (κ2) is 9.59. The highest BCUT2D eigenvalue weighted by molar-refractivity contribution is 5.81. The van der Waals surface area contributed by atoms with Crippen molar-refractivity contribution in [2.24, 2.45) is 0 Å². The quantitative estimate of drug-likeness (QED) is 0.389. The van der Waals surface area contributed by atoms with Gasteiger partial charge in [0.1, 0.15) is 18.2 Å². The summed E-state index contributed by atoms with van der Waals surface area (Å²) >= 11 is 0. The monoisotopic (exact) mass is 515 g/mol. The topological polar surface area (TPSA) is 59.3 Å². The smallest absolute Gasteiger partial charge is 0.418 e. The van der Waals surface area contributed by atoms with E-state index in [4.69, 9.17) is 4.74 Å². The van der Waals surface area contributed by atoms with E-state index >= 15 is 0 Å². The average Bonchev–Trinajstić information content (AvgIpc) is 3.20. The fourth-order valence-electron chi connectivity index (χ4n) is 4.89. The van der Waals surface area contributed by atoms with Gasteiger partial charge in [-0.3, -0.25) is 0 Å². The van der Waals surface area contributed by atoms with Gasteiger partial charge in [0.05, 0.1) is 34.1 Å². The molecule has 3 atom stereocenters. The van der Waals surface area contributed by atoms with Crippen LogP contribution in [0.1, 0.15) is 62.8 Å². The lowest BCUT2D eigenvalue weighted by Crippen LogP contribution is -2.53. The van der Waals surface area contributed by atoms with Crippen LogP contribution in [0.2, 0.25) is 0 Å². The van der Waals surface area contributed by atoms with Gasteiger partial charge in [0.25, 0.3) is 6.43 Å². The third-order valence-electron chi connectivity index (χ3n) is 6.48. The first-order chi connectivity index (χ1) is 16.8. The summed E-state index contributed by atoms with van der Waals surface area (Å²) in [4.78, 5) is 4.11. The van der Waals surface area contributed by atoms with Gasteiger partial charge in [-0.15, -0.1) is 0 Å². The van der Waals surface area contributed by atoms with Crippen LogP contribution in [0.15, 0.2) is 36.7 Å². The molecule has 4 rings (SSSR count). The highest BCUT2D eigenvalue weighted by atomic mass is 19.4. The molecule has 0 bridgehead atoms. The summed E-state index contributed by atoms with van der Waals surface area (Å²) in [5.74, 6) is -1.14. The fourth-order valence-corrected chi connectivity index (χ4v) is 4.89. The molecule has 0 radical (unpaired) electrons. The van der Waals surface area contributed by atoms with E-state index < -0.39 is 41.2 Å². The van der Waals surface area contributed by atoms with Crippen LogP contribution >= 0.6 is 0 Å². The number of piperidine rings is 1. The van der Waals surface area contributed by atoms with Gasteiger partial charge in [-0.2, -0.15) is 13.2 Å². The maximum atomic E-state index is 14.2. The average molecular weight is 515 g/mol. The molecule has 1 aliphatic rings. The first kappa shape index (κ1) is 26.3. The Morgan fingerprint density at radius 2 is 1.92 bits per heavy atom. The van der Waals surface area contributed by atoms with Gasteiger partial charge in [0.2, 0.25) is 0 Å². The number of nitrogens with zero attached hydrogens (tertiary/aromatic N) is 2. The third-order valence-corrected chi connectivity index (χ3v) is 6.48. The number of nitrogens with one attached hydrogen (secondary N) is 1. The largest absolute Gasteiger partial charge is 0.492 e. The molecule has 0 amide bonds. The van der Waals surface area contributed by atoms with Gasteiger partial charge in [0.15, 0.2) is 0 Å². The van der Waals surface area contributed by atoms with E-state index in [1.807, 2.05) is 0 Å². The van der Waals surface area contributed by atoms with E-state index in [0.29, 0.717) is 0 Å². The zero-order chi connectivity index (χ0) is 26.4. The van der Waals surface area contributed by atoms with Crippen molar-refractivity contribution >= 4 is 11.0 Å². The molecule has 36 heavy (non-hydrogen) atoms. The minimum Gasteiger partial charge on any atom is -0.492 e. The third kappa shape index (κ3) is 5.17. The molecule has 2 aromatic carbocycles. The molecule has 0 aliphatic carbocycles. The molecule has 1 fully saturated rings. The summed E-state index contributed by atoms with van der Waals surface area (Å²) < 4.78 is 88.7. The zero-order valence-corrected chi connectivity index (χ0v) is 19.9. The summed E-state index contributed by atoms with van der Waals surface area (Å²) in [5, 5.41) is 14.5. The number of hydrogen-bond donors (Lipinski definition) is 2. The summed E-state index contributed by atoms with van der Waals surface area (Å²) in [7, 11) is 0. The van der Waals surface area contributed by atoms with E-state index in [1.165, 1.54) is 23.0 Å². The van der Waals surface area contributed by atoms with Crippen LogP contribution in [0.4, 0.5) is 26.3 Å². The maximum absolute atomic E-state index is 14.2. The lowest BCUT2D eigenvalue weighted by Gasteiger charge is -2.41. The predicted octanol–water partition coefficient (Wildman–Crippen LogP) is 6.12. The summed E-state index contributed by atoms with van der Waals surface area (Å²) in [6.07, 6.45) is -6.02. The number of ether oxygens (including phenoxy) is 1. The van der Waals surface area contributed by atoms with E-state index in [1.54, 1.807) is 20.8 Å². The number of fused-ring (bicyclic) bond motifs is 1. The van der Waals surface area contributed by atoms with E-state index in [2.05, 4.69) is 10.3 Å². The molecule has 2 heterocycles. The lowest BCUT2D eigenvalue weighted by atomic mass is 9.79. The maximum Gasteiger partial charge on any atom is 0.418 e. The standard InChI is InChI=1S/C25H27F6N3O2/c1-13(2)34-12-32-21-8-17(7-19(22(21)34)25(29,30)31)36-11-16-10-24(35,9-14(3)33-16)15-4-5-18(23(27)28)20(26)6-15/h4-8,12-14,16,23,33,35H,9-11H2,1-3H3/t14-,16-,24-/m0/s1. The molecule has 3 aromatic rings. The zero-order valence-electron chi connectivity index (χ0n) is 19.9. The van der Waals surface area contributed by atoms with E-state index in [9.17, 15) is 31.4 Å². The highest BCUT2D eigenvalue weighted by Gasteiger charge is 2.40. The summed E-state index contributed by atoms with van der Waals surface area (Å²) in [6.45, 7) is 5.22. The Kier molecular flexibility index (Phi) is 7.00. The fraction of sp³-hybridized carbons (Fsp3) is 0.480. The lowest BCUT2D eigenvalue weighted by molar-refractivity contribution is -0.136. The summed E-state index contributed by atoms with van der Waals surface area (Å²) in [6, 6.07) is 4.50. The molecule has 196 valence electrons. The molecule has 1 aromatic heterocycles. The SMILES string of the molecule is CC(C)n1cnc2cc(OC[C@@H]3C[C@](O)(c4ccc(C(F)F)c(F)c4)C[C@H](C)N3)cc(C(F)(F)F)c21. The Morgan fingerprint density at radius 1 is 1.19 bits per heavy atom. The molecule has 1 saturated heterocycles. The minimum absolute atomic E-state index is 0.0280. The summed E-state index contributed by atoms with van der Waals surface area (Å²) in [5.41, 5.74) is -2.88. The highest BCUT2D eigenvalue weighted by Crippen LogP contribution is 2.39. The Balaban J connectivity index is 1.57. The normalized spacial score (nSPS) is 23.1. The van der Waals surface area contributed by atoms with E-state index in [-0.39, 0.29) is 53.9 Å². The second-order valence-electron chi connectivity index (χ2n) is 9.63. The van der Waals surface area contributed by atoms with Crippen LogP contribution in [-0.4, -0.2) is 33.3 Å². The van der Waals surface area contributed by atoms with Gasteiger partial charge in [-0.1, -0.05) is 12.1 Å². The van der Waals surface area contributed by atoms with Gasteiger partial charge < -0.3 is 19.7 Å². The number of rotatable bonds is 6. The van der Waals surface area contributed by atoms with Crippen molar-refractivity contribution in [2.45, 2.75) is 69.9 Å². The van der Waals surface area contributed by atoms with Gasteiger partial charge in [0, 0.05) is 24.2 Å². The number of benzene rings is 2. The first-order valence-corrected chi connectivity index (χ1v) is 11.6. The van der Waals surface area contributed by atoms with Crippen molar-refractivity contribution in [3.05, 3.63) is 59.2 Å². The Morgan fingerprint density at radius 3 is 2.53 bits per heavy atom. The molecule has 5 nitrogen and oxygen atoms in total. The minimum atomic E-state index is -4.63. The predicted molar refractivity (Wildman–Crippen MR) is 121 cm³/mol. The molecule has 0 spiro atoms. The molecule has 1 aliphatic heterocycles. The Hall–Kier alpha value is -2.79. The van der Waals surface area contributed by atoms with Crippen molar-refractivity contribution in [2.75, 3.05) is 6.61 Å². The number of hydrogen-bond acceptors (Lipinski definition) is 4. The molecule has 0 saturated carbocycles. The van der Waals surface area contributed by atoms with Crippen molar-refractivity contribution < 1.29 is 36.2 Å². The Labute approximate surface area is 204 Å². The van der Waals surface area contributed by atoms with Gasteiger partial charge in [-0.25, -0.2) is 18.2 Å². The molecule has 11 heteroatoms. The van der Waals surface area contributed by atoms with Crippen molar-refractivity contribution in [3.63, 3.8) is 0 Å². The van der Waals surface area contributed by atoms with Crippen LogP contribution in [0.25, 0.3) is 11.0 Å². The molecule has 0 unspecified atom stereocenters. The molecular weight excluding hydrogens is 488 g/mol. The number of aliphatic hydroxyl groups is 1. The van der Waals surface area contributed by atoms with Crippen molar-refractivity contribution in [1.29, 1.82) is 0 Å². The van der Waals surface area contributed by atoms with Crippen LogP contribution in [0.5, 0.6) is 5.75 Å². The van der Waals surface area contributed by atoms with E-state index in [0.717, 1.165) is 18.2 Å². The Bertz CT molecular complexity index is 1240. The number of alkyl halides is 5. The first-order valence-electron chi connectivity index (χ1n) is 11.6. The molecular formula is C25H27F6N3O2. The van der Waals surface area contributed by atoms with Crippen LogP contribution in [-0.2, 0) is 11.8 Å². The molecule has 2 N–H and O–H groups in total.